The number of ether oxygens (including phenoxy) is 2. The molecule has 0 unspecified atom stereocenters. The van der Waals surface area contributed by atoms with Crippen molar-refractivity contribution in [3.63, 3.8) is 0 Å². The van der Waals surface area contributed by atoms with Crippen LogP contribution in [0, 0.1) is 0 Å². The van der Waals surface area contributed by atoms with Crippen LogP contribution in [-0.4, -0.2) is 44.7 Å². The number of likely N-dealkylation sites (N-methyl/N-ethyl adjacent to an activating group) is 1. The lowest BCUT2D eigenvalue weighted by atomic mass is 10.1. The van der Waals surface area contributed by atoms with E-state index in [1.54, 1.807) is 18.2 Å². The molecule has 130 valence electrons. The molecule has 23 heavy (non-hydrogen) atoms. The molecular formula is C15H24ClN3O4. The summed E-state index contributed by atoms with van der Waals surface area (Å²) in [5.74, 6) is 0.258. The summed E-state index contributed by atoms with van der Waals surface area (Å²) >= 11 is 0. The number of nitrogens with two attached hydrogens (primary N) is 1. The zero-order valence-corrected chi connectivity index (χ0v) is 14.6. The Bertz CT molecular complexity index is 544. The van der Waals surface area contributed by atoms with Crippen molar-refractivity contribution in [3.05, 3.63) is 23.8 Å². The normalized spacial score (nSPS) is 10.3. The van der Waals surface area contributed by atoms with Gasteiger partial charge in [0.2, 0.25) is 0 Å². The number of benzene rings is 1. The highest BCUT2D eigenvalue weighted by Crippen LogP contribution is 2.28. The van der Waals surface area contributed by atoms with Crippen LogP contribution in [0.5, 0.6) is 11.5 Å². The lowest BCUT2D eigenvalue weighted by Crippen LogP contribution is -2.45. The van der Waals surface area contributed by atoms with Crippen molar-refractivity contribution in [2.24, 2.45) is 5.73 Å². The molecule has 4 N–H and O–H groups in total. The van der Waals surface area contributed by atoms with Gasteiger partial charge in [-0.25, -0.2) is 0 Å². The van der Waals surface area contributed by atoms with E-state index in [-0.39, 0.29) is 30.8 Å². The molecule has 0 radical (unpaired) electrons. The van der Waals surface area contributed by atoms with Crippen molar-refractivity contribution >= 4 is 24.2 Å². The molecule has 0 aliphatic carbocycles. The molecule has 1 aromatic rings. The molecule has 0 saturated carbocycles. The second kappa shape index (κ2) is 9.22. The summed E-state index contributed by atoms with van der Waals surface area (Å²) in [6.45, 7) is 3.87. The van der Waals surface area contributed by atoms with E-state index in [4.69, 9.17) is 15.2 Å². The van der Waals surface area contributed by atoms with Crippen LogP contribution in [0.15, 0.2) is 18.2 Å². The standard InChI is InChI=1S/C15H23N3O4.ClH/c1-15(2,16)9-18-14(20)10-5-6-11(12(7-10)21-4)22-8-13(19)17-3;/h5-7H,8-9,16H2,1-4H3,(H,17,19)(H,18,20);1H. The zero-order chi connectivity index (χ0) is 16.8. The van der Waals surface area contributed by atoms with E-state index in [1.807, 2.05) is 13.8 Å². The maximum Gasteiger partial charge on any atom is 0.257 e. The smallest absolute Gasteiger partial charge is 0.257 e. The van der Waals surface area contributed by atoms with Crippen LogP contribution in [0.4, 0.5) is 0 Å². The summed E-state index contributed by atoms with van der Waals surface area (Å²) in [5.41, 5.74) is 5.76. The molecule has 8 heteroatoms. The van der Waals surface area contributed by atoms with E-state index in [0.717, 1.165) is 0 Å². The molecule has 1 rings (SSSR count). The minimum Gasteiger partial charge on any atom is -0.493 e. The lowest BCUT2D eigenvalue weighted by Gasteiger charge is -2.19. The number of hydrogen-bond donors (Lipinski definition) is 3. The first-order valence-electron chi connectivity index (χ1n) is 6.85. The van der Waals surface area contributed by atoms with E-state index in [2.05, 4.69) is 10.6 Å². The number of carbonyl (C=O) groups is 2. The first-order valence-corrected chi connectivity index (χ1v) is 6.85. The Balaban J connectivity index is 0.00000484. The van der Waals surface area contributed by atoms with E-state index in [0.29, 0.717) is 23.6 Å². The molecule has 2 amide bonds. The van der Waals surface area contributed by atoms with Gasteiger partial charge < -0.3 is 25.8 Å². The molecule has 0 spiro atoms. The molecule has 0 bridgehead atoms. The van der Waals surface area contributed by atoms with Gasteiger partial charge in [0, 0.05) is 24.7 Å². The molecule has 0 saturated heterocycles. The molecule has 0 heterocycles. The molecule has 0 aliphatic rings. The summed E-state index contributed by atoms with van der Waals surface area (Å²) < 4.78 is 10.5. The van der Waals surface area contributed by atoms with Gasteiger partial charge in [-0.3, -0.25) is 9.59 Å². The van der Waals surface area contributed by atoms with Crippen molar-refractivity contribution in [1.29, 1.82) is 0 Å². The maximum atomic E-state index is 12.1. The third-order valence-electron chi connectivity index (χ3n) is 2.77. The predicted molar refractivity (Wildman–Crippen MR) is 90.4 cm³/mol. The van der Waals surface area contributed by atoms with Gasteiger partial charge in [0.25, 0.3) is 11.8 Å². The first-order chi connectivity index (χ1) is 10.3. The number of hydrogen-bond acceptors (Lipinski definition) is 5. The highest BCUT2D eigenvalue weighted by atomic mass is 35.5. The molecular weight excluding hydrogens is 322 g/mol. The predicted octanol–water partition coefficient (Wildman–Crippen LogP) is 0.709. The Labute approximate surface area is 142 Å². The first kappa shape index (κ1) is 21.0. The van der Waals surface area contributed by atoms with Crippen molar-refractivity contribution in [2.75, 3.05) is 27.3 Å². The number of amides is 2. The fraction of sp³-hybridized carbons (Fsp3) is 0.467. The topological polar surface area (TPSA) is 103 Å². The fourth-order valence-corrected chi connectivity index (χ4v) is 1.55. The number of halogens is 1. The second-order valence-electron chi connectivity index (χ2n) is 5.50. The summed E-state index contributed by atoms with van der Waals surface area (Å²) in [5, 5.41) is 5.20. The Morgan fingerprint density at radius 2 is 1.91 bits per heavy atom. The van der Waals surface area contributed by atoms with Crippen molar-refractivity contribution in [1.82, 2.24) is 10.6 Å². The van der Waals surface area contributed by atoms with E-state index in [9.17, 15) is 9.59 Å². The van der Waals surface area contributed by atoms with Crippen LogP contribution in [0.25, 0.3) is 0 Å². The highest BCUT2D eigenvalue weighted by molar-refractivity contribution is 5.95. The quantitative estimate of drug-likeness (QED) is 0.675. The zero-order valence-electron chi connectivity index (χ0n) is 13.8. The van der Waals surface area contributed by atoms with Crippen LogP contribution in [0.3, 0.4) is 0 Å². The van der Waals surface area contributed by atoms with Crippen molar-refractivity contribution in [2.45, 2.75) is 19.4 Å². The van der Waals surface area contributed by atoms with Crippen LogP contribution in [0.2, 0.25) is 0 Å². The SMILES string of the molecule is CNC(=O)COc1ccc(C(=O)NCC(C)(C)N)cc1OC.Cl. The fourth-order valence-electron chi connectivity index (χ4n) is 1.55. The minimum atomic E-state index is -0.490. The number of nitrogens with one attached hydrogen (secondary N) is 2. The van der Waals surface area contributed by atoms with Crippen LogP contribution >= 0.6 is 12.4 Å². The summed E-state index contributed by atoms with van der Waals surface area (Å²) in [4.78, 5) is 23.2. The Kier molecular flexibility index (Phi) is 8.42. The van der Waals surface area contributed by atoms with Gasteiger partial charge in [0.1, 0.15) is 0 Å². The van der Waals surface area contributed by atoms with Crippen molar-refractivity contribution < 1.29 is 19.1 Å². The van der Waals surface area contributed by atoms with Gasteiger partial charge in [-0.05, 0) is 32.0 Å². The molecule has 1 aromatic carbocycles. The van der Waals surface area contributed by atoms with Gasteiger partial charge in [-0.2, -0.15) is 0 Å². The van der Waals surface area contributed by atoms with Gasteiger partial charge in [-0.1, -0.05) is 0 Å². The monoisotopic (exact) mass is 345 g/mol. The second-order valence-corrected chi connectivity index (χ2v) is 5.50. The van der Waals surface area contributed by atoms with Crippen LogP contribution in [-0.2, 0) is 4.79 Å². The molecule has 0 atom stereocenters. The number of methoxy groups -OCH3 is 1. The summed E-state index contributed by atoms with van der Waals surface area (Å²) in [7, 11) is 2.99. The van der Waals surface area contributed by atoms with Crippen LogP contribution in [0.1, 0.15) is 24.2 Å². The average molecular weight is 346 g/mol. The largest absolute Gasteiger partial charge is 0.493 e. The molecule has 0 aliphatic heterocycles. The third kappa shape index (κ3) is 7.21. The molecule has 0 fully saturated rings. The maximum absolute atomic E-state index is 12.1. The number of rotatable bonds is 7. The van der Waals surface area contributed by atoms with E-state index >= 15 is 0 Å². The summed E-state index contributed by atoms with van der Waals surface area (Å²) in [6.07, 6.45) is 0. The third-order valence-corrected chi connectivity index (χ3v) is 2.77. The van der Waals surface area contributed by atoms with E-state index < -0.39 is 5.54 Å². The average Bonchev–Trinajstić information content (AvgIpc) is 2.49. The molecule has 7 nitrogen and oxygen atoms in total. The Morgan fingerprint density at radius 3 is 2.43 bits per heavy atom. The van der Waals surface area contributed by atoms with Gasteiger partial charge in [0.05, 0.1) is 7.11 Å². The van der Waals surface area contributed by atoms with Crippen molar-refractivity contribution in [3.8, 4) is 11.5 Å². The van der Waals surface area contributed by atoms with Gasteiger partial charge >= 0.3 is 0 Å². The molecule has 0 aromatic heterocycles. The van der Waals surface area contributed by atoms with Gasteiger partial charge in [-0.15, -0.1) is 12.4 Å². The lowest BCUT2D eigenvalue weighted by molar-refractivity contribution is -0.122. The van der Waals surface area contributed by atoms with Gasteiger partial charge in [0.15, 0.2) is 18.1 Å². The minimum absolute atomic E-state index is 0. The Morgan fingerprint density at radius 1 is 1.26 bits per heavy atom. The highest BCUT2D eigenvalue weighted by Gasteiger charge is 2.15. The van der Waals surface area contributed by atoms with E-state index in [1.165, 1.54) is 14.2 Å². The number of carbonyl (C=O) groups excluding carboxylic acids is 2. The summed E-state index contributed by atoms with van der Waals surface area (Å²) in [6, 6.07) is 4.74. The van der Waals surface area contributed by atoms with Crippen LogP contribution < -0.4 is 25.8 Å². The Hall–Kier alpha value is -1.99.